The van der Waals surface area contributed by atoms with Crippen LogP contribution in [0.1, 0.15) is 15.9 Å². The number of hydrogen-bond acceptors (Lipinski definition) is 3. The average molecular weight is 165 g/mol. The summed E-state index contributed by atoms with van der Waals surface area (Å²) in [5, 5.41) is 20.9. The first-order chi connectivity index (χ1) is 5.70. The molecule has 0 saturated heterocycles. The van der Waals surface area contributed by atoms with Gasteiger partial charge >= 0.3 is 0 Å². The molecule has 3 N–H and O–H groups in total. The lowest BCUT2D eigenvalue weighted by Crippen LogP contribution is -2.12. The SMILES string of the molecule is O=C1NCc2ccc(O)c(O)c21. The largest absolute Gasteiger partial charge is 0.504 e. The first-order valence-electron chi connectivity index (χ1n) is 3.52. The van der Waals surface area contributed by atoms with E-state index in [4.69, 9.17) is 5.11 Å². The van der Waals surface area contributed by atoms with Crippen molar-refractivity contribution in [1.29, 1.82) is 0 Å². The Morgan fingerprint density at radius 2 is 2.08 bits per heavy atom. The van der Waals surface area contributed by atoms with Crippen LogP contribution in [0.4, 0.5) is 0 Å². The Kier molecular flexibility index (Phi) is 1.24. The number of carbonyl (C=O) groups excluding carboxylic acids is 1. The van der Waals surface area contributed by atoms with Gasteiger partial charge in [0, 0.05) is 6.54 Å². The fourth-order valence-corrected chi connectivity index (χ4v) is 1.29. The molecule has 0 radical (unpaired) electrons. The minimum absolute atomic E-state index is 0.190. The van der Waals surface area contributed by atoms with E-state index in [0.717, 1.165) is 5.56 Å². The maximum absolute atomic E-state index is 11.1. The number of rotatable bonds is 0. The number of carbonyl (C=O) groups is 1. The maximum Gasteiger partial charge on any atom is 0.255 e. The van der Waals surface area contributed by atoms with Gasteiger partial charge in [-0.05, 0) is 11.6 Å². The number of benzene rings is 1. The van der Waals surface area contributed by atoms with Crippen LogP contribution in [0.3, 0.4) is 0 Å². The average Bonchev–Trinajstić information content (AvgIpc) is 2.41. The molecule has 12 heavy (non-hydrogen) atoms. The van der Waals surface area contributed by atoms with Gasteiger partial charge in [-0.1, -0.05) is 6.07 Å². The van der Waals surface area contributed by atoms with E-state index in [-0.39, 0.29) is 23.0 Å². The van der Waals surface area contributed by atoms with Gasteiger partial charge in [-0.2, -0.15) is 0 Å². The van der Waals surface area contributed by atoms with Crippen molar-refractivity contribution >= 4 is 5.91 Å². The van der Waals surface area contributed by atoms with Crippen molar-refractivity contribution in [3.05, 3.63) is 23.3 Å². The molecule has 2 rings (SSSR count). The lowest BCUT2D eigenvalue weighted by Gasteiger charge is -2.00. The number of hydrogen-bond donors (Lipinski definition) is 3. The summed E-state index contributed by atoms with van der Waals surface area (Å²) >= 11 is 0. The highest BCUT2D eigenvalue weighted by Crippen LogP contribution is 2.33. The minimum Gasteiger partial charge on any atom is -0.504 e. The Morgan fingerprint density at radius 3 is 2.83 bits per heavy atom. The van der Waals surface area contributed by atoms with Crippen LogP contribution < -0.4 is 5.32 Å². The molecule has 0 aromatic heterocycles. The molecule has 0 aliphatic carbocycles. The van der Waals surface area contributed by atoms with Crippen LogP contribution in [0.25, 0.3) is 0 Å². The van der Waals surface area contributed by atoms with Crippen molar-refractivity contribution in [2.45, 2.75) is 6.54 Å². The summed E-state index contributed by atoms with van der Waals surface area (Å²) in [6.07, 6.45) is 0. The zero-order valence-electron chi connectivity index (χ0n) is 6.16. The number of fused-ring (bicyclic) bond motifs is 1. The van der Waals surface area contributed by atoms with Crippen LogP contribution in [0.15, 0.2) is 12.1 Å². The summed E-state index contributed by atoms with van der Waals surface area (Å²) in [6, 6.07) is 2.98. The smallest absolute Gasteiger partial charge is 0.255 e. The third-order valence-electron chi connectivity index (χ3n) is 1.91. The Morgan fingerprint density at radius 1 is 1.33 bits per heavy atom. The van der Waals surface area contributed by atoms with Gasteiger partial charge in [-0.15, -0.1) is 0 Å². The van der Waals surface area contributed by atoms with E-state index in [0.29, 0.717) is 6.54 Å². The van der Waals surface area contributed by atoms with Crippen LogP contribution in [-0.2, 0) is 6.54 Å². The minimum atomic E-state index is -0.335. The second kappa shape index (κ2) is 2.14. The highest BCUT2D eigenvalue weighted by atomic mass is 16.3. The molecular weight excluding hydrogens is 158 g/mol. The summed E-state index contributed by atoms with van der Waals surface area (Å²) < 4.78 is 0. The molecule has 0 atom stereocenters. The first-order valence-corrected chi connectivity index (χ1v) is 3.52. The van der Waals surface area contributed by atoms with Gasteiger partial charge in [0.2, 0.25) is 0 Å². The molecule has 4 heteroatoms. The highest BCUT2D eigenvalue weighted by Gasteiger charge is 2.24. The Hall–Kier alpha value is -1.71. The molecule has 0 fully saturated rings. The number of phenolic OH excluding ortho intramolecular Hbond substituents is 2. The molecule has 62 valence electrons. The van der Waals surface area contributed by atoms with Crippen LogP contribution in [-0.4, -0.2) is 16.1 Å². The molecule has 1 aromatic rings. The van der Waals surface area contributed by atoms with Gasteiger partial charge in [0.25, 0.3) is 5.91 Å². The van der Waals surface area contributed by atoms with E-state index in [1.165, 1.54) is 6.07 Å². The molecule has 0 unspecified atom stereocenters. The molecule has 1 aliphatic heterocycles. The summed E-state index contributed by atoms with van der Waals surface area (Å²) in [5.74, 6) is -0.924. The van der Waals surface area contributed by atoms with E-state index in [1.807, 2.05) is 0 Å². The Labute approximate surface area is 68.5 Å². The number of amides is 1. The predicted octanol–water partition coefficient (Wildman–Crippen LogP) is 0.341. The zero-order valence-corrected chi connectivity index (χ0v) is 6.16. The van der Waals surface area contributed by atoms with E-state index in [9.17, 15) is 9.90 Å². The number of nitrogens with one attached hydrogen (secondary N) is 1. The van der Waals surface area contributed by atoms with Crippen molar-refractivity contribution in [3.8, 4) is 11.5 Å². The van der Waals surface area contributed by atoms with Crippen molar-refractivity contribution < 1.29 is 15.0 Å². The highest BCUT2D eigenvalue weighted by molar-refractivity contribution is 6.01. The van der Waals surface area contributed by atoms with Gasteiger partial charge in [0.05, 0.1) is 5.56 Å². The standard InChI is InChI=1S/C8H7NO3/c10-5-2-1-4-3-9-8(12)6(4)7(5)11/h1-2,10-11H,3H2,(H,9,12). The Balaban J connectivity index is 2.71. The van der Waals surface area contributed by atoms with Crippen LogP contribution >= 0.6 is 0 Å². The van der Waals surface area contributed by atoms with E-state index in [2.05, 4.69) is 5.32 Å². The van der Waals surface area contributed by atoms with Gasteiger partial charge in [-0.3, -0.25) is 4.79 Å². The van der Waals surface area contributed by atoms with Crippen molar-refractivity contribution in [2.24, 2.45) is 0 Å². The third-order valence-corrected chi connectivity index (χ3v) is 1.91. The fraction of sp³-hybridized carbons (Fsp3) is 0.125. The topological polar surface area (TPSA) is 69.6 Å². The number of phenols is 2. The normalized spacial score (nSPS) is 14.2. The van der Waals surface area contributed by atoms with Gasteiger partial charge in [-0.25, -0.2) is 0 Å². The zero-order chi connectivity index (χ0) is 8.72. The molecular formula is C8H7NO3. The van der Waals surface area contributed by atoms with E-state index >= 15 is 0 Å². The summed E-state index contributed by atoms with van der Waals surface area (Å²) in [6.45, 7) is 0.419. The van der Waals surface area contributed by atoms with Gasteiger partial charge in [0.1, 0.15) is 0 Å². The Bertz CT molecular complexity index is 360. The summed E-state index contributed by atoms with van der Waals surface area (Å²) in [4.78, 5) is 11.1. The van der Waals surface area contributed by atoms with Gasteiger partial charge in [0.15, 0.2) is 11.5 Å². The lowest BCUT2D eigenvalue weighted by molar-refractivity contribution is 0.0963. The van der Waals surface area contributed by atoms with Crippen molar-refractivity contribution in [2.75, 3.05) is 0 Å². The molecule has 4 nitrogen and oxygen atoms in total. The van der Waals surface area contributed by atoms with Crippen molar-refractivity contribution in [3.63, 3.8) is 0 Å². The molecule has 0 saturated carbocycles. The quantitative estimate of drug-likeness (QED) is 0.485. The van der Waals surface area contributed by atoms with E-state index < -0.39 is 0 Å². The lowest BCUT2D eigenvalue weighted by atomic mass is 10.1. The third kappa shape index (κ3) is 0.747. The van der Waals surface area contributed by atoms with E-state index in [1.54, 1.807) is 6.07 Å². The molecule has 1 aromatic carbocycles. The molecule has 0 spiro atoms. The van der Waals surface area contributed by atoms with Crippen LogP contribution in [0, 0.1) is 0 Å². The second-order valence-electron chi connectivity index (χ2n) is 2.65. The molecule has 1 aliphatic rings. The number of aromatic hydroxyl groups is 2. The molecule has 1 amide bonds. The monoisotopic (exact) mass is 165 g/mol. The first kappa shape index (κ1) is 6.97. The predicted molar refractivity (Wildman–Crippen MR) is 40.9 cm³/mol. The van der Waals surface area contributed by atoms with Crippen molar-refractivity contribution in [1.82, 2.24) is 5.32 Å². The summed E-state index contributed by atoms with van der Waals surface area (Å²) in [7, 11) is 0. The molecule has 1 heterocycles. The van der Waals surface area contributed by atoms with Crippen LogP contribution in [0.2, 0.25) is 0 Å². The fourth-order valence-electron chi connectivity index (χ4n) is 1.29. The van der Waals surface area contributed by atoms with Gasteiger partial charge < -0.3 is 15.5 Å². The maximum atomic E-state index is 11.1. The summed E-state index contributed by atoms with van der Waals surface area (Å²) in [5.41, 5.74) is 0.908. The molecule has 0 bridgehead atoms. The van der Waals surface area contributed by atoms with Crippen LogP contribution in [0.5, 0.6) is 11.5 Å². The second-order valence-corrected chi connectivity index (χ2v) is 2.65.